The summed E-state index contributed by atoms with van der Waals surface area (Å²) in [7, 11) is 1.73. The Morgan fingerprint density at radius 2 is 1.73 bits per heavy atom. The van der Waals surface area contributed by atoms with Crippen LogP contribution in [-0.2, 0) is 13.7 Å². The lowest BCUT2D eigenvalue weighted by Gasteiger charge is -2.08. The first-order valence-electron chi connectivity index (χ1n) is 9.77. The molecule has 0 aliphatic carbocycles. The Hall–Kier alpha value is -3.75. The minimum absolute atomic E-state index is 0.0718. The number of aromatic nitrogens is 2. The van der Waals surface area contributed by atoms with Crippen molar-refractivity contribution in [2.45, 2.75) is 6.61 Å². The van der Waals surface area contributed by atoms with Crippen LogP contribution in [0.4, 0.5) is 11.4 Å². The molecule has 8 nitrogen and oxygen atoms in total. The van der Waals surface area contributed by atoms with E-state index in [4.69, 9.17) is 32.4 Å². The second-order valence-corrected chi connectivity index (χ2v) is 7.76. The van der Waals surface area contributed by atoms with Gasteiger partial charge in [-0.1, -0.05) is 35.3 Å². The fraction of sp³-hybridized carbons (Fsp3) is 0.0870. The van der Waals surface area contributed by atoms with E-state index in [-0.39, 0.29) is 24.0 Å². The van der Waals surface area contributed by atoms with Crippen LogP contribution in [0.3, 0.4) is 0 Å². The normalized spacial score (nSPS) is 10.6. The summed E-state index contributed by atoms with van der Waals surface area (Å²) in [5.41, 5.74) is 1.28. The number of aryl methyl sites for hydroxylation is 1. The molecule has 2 amide bonds. The molecule has 2 aromatic carbocycles. The molecule has 2 N–H and O–H groups in total. The number of amides is 2. The summed E-state index contributed by atoms with van der Waals surface area (Å²) < 4.78 is 12.7. The topological polar surface area (TPSA) is 98.4 Å². The number of ether oxygens (including phenoxy) is 1. The number of halogens is 2. The van der Waals surface area contributed by atoms with E-state index in [1.807, 2.05) is 0 Å². The number of hydrogen-bond acceptors (Lipinski definition) is 5. The third-order valence-corrected chi connectivity index (χ3v) is 5.30. The molecular formula is C23H18Cl2N4O4. The molecule has 10 heteroatoms. The highest BCUT2D eigenvalue weighted by Crippen LogP contribution is 2.32. The maximum Gasteiger partial charge on any atom is 0.291 e. The molecule has 0 fully saturated rings. The van der Waals surface area contributed by atoms with Crippen LogP contribution in [0.25, 0.3) is 0 Å². The maximum atomic E-state index is 12.6. The van der Waals surface area contributed by atoms with E-state index in [0.29, 0.717) is 32.9 Å². The van der Waals surface area contributed by atoms with E-state index in [9.17, 15) is 9.59 Å². The van der Waals surface area contributed by atoms with Crippen molar-refractivity contribution in [2.75, 3.05) is 10.6 Å². The zero-order chi connectivity index (χ0) is 23.4. The molecule has 0 spiro atoms. The molecule has 168 valence electrons. The Morgan fingerprint density at radius 1 is 1.00 bits per heavy atom. The lowest BCUT2D eigenvalue weighted by molar-refractivity contribution is 0.0991. The molecule has 0 atom stereocenters. The number of benzene rings is 2. The molecule has 0 unspecified atom stereocenters. The lowest BCUT2D eigenvalue weighted by Crippen LogP contribution is -2.14. The Balaban J connectivity index is 1.36. The lowest BCUT2D eigenvalue weighted by atomic mass is 10.2. The summed E-state index contributed by atoms with van der Waals surface area (Å²) in [5, 5.41) is 10.2. The Bertz CT molecular complexity index is 1320. The predicted molar refractivity (Wildman–Crippen MR) is 125 cm³/mol. The van der Waals surface area contributed by atoms with Crippen molar-refractivity contribution in [2.24, 2.45) is 7.05 Å². The van der Waals surface area contributed by atoms with E-state index < -0.39 is 5.91 Å². The summed E-state index contributed by atoms with van der Waals surface area (Å²) in [5.74, 6) is 0.155. The molecule has 2 heterocycles. The van der Waals surface area contributed by atoms with Gasteiger partial charge in [-0.3, -0.25) is 14.3 Å². The average Bonchev–Trinajstić information content (AvgIpc) is 3.44. The number of nitrogens with one attached hydrogen (secondary N) is 2. The number of anilines is 2. The van der Waals surface area contributed by atoms with Crippen LogP contribution >= 0.6 is 23.2 Å². The fourth-order valence-electron chi connectivity index (χ4n) is 2.92. The first-order chi connectivity index (χ1) is 15.9. The first-order valence-corrected chi connectivity index (χ1v) is 10.5. The van der Waals surface area contributed by atoms with E-state index >= 15 is 0 Å². The largest absolute Gasteiger partial charge is 0.484 e. The summed E-state index contributed by atoms with van der Waals surface area (Å²) in [6.45, 7) is 0.0718. The quantitative estimate of drug-likeness (QED) is 0.365. The van der Waals surface area contributed by atoms with Gasteiger partial charge >= 0.3 is 0 Å². The van der Waals surface area contributed by atoms with E-state index in [2.05, 4.69) is 15.7 Å². The summed E-state index contributed by atoms with van der Waals surface area (Å²) >= 11 is 12.1. The number of carbonyl (C=O) groups is 2. The molecule has 0 saturated carbocycles. The molecule has 2 aromatic heterocycles. The smallest absolute Gasteiger partial charge is 0.291 e. The summed E-state index contributed by atoms with van der Waals surface area (Å²) in [6.07, 6.45) is 1.68. The first kappa shape index (κ1) is 22.4. The van der Waals surface area contributed by atoms with Gasteiger partial charge in [-0.15, -0.1) is 0 Å². The van der Waals surface area contributed by atoms with E-state index in [1.165, 1.54) is 4.68 Å². The molecule has 0 aliphatic heterocycles. The average molecular weight is 485 g/mol. The van der Waals surface area contributed by atoms with Gasteiger partial charge in [0, 0.05) is 24.6 Å². The second-order valence-electron chi connectivity index (χ2n) is 6.97. The van der Waals surface area contributed by atoms with Crippen LogP contribution in [0.15, 0.2) is 71.3 Å². The molecular weight excluding hydrogens is 467 g/mol. The van der Waals surface area contributed by atoms with Gasteiger partial charge in [0.2, 0.25) is 0 Å². The van der Waals surface area contributed by atoms with Crippen LogP contribution in [-0.4, -0.2) is 21.6 Å². The third-order valence-electron chi connectivity index (χ3n) is 4.50. The third kappa shape index (κ3) is 5.54. The molecule has 4 rings (SSSR count). The van der Waals surface area contributed by atoms with Gasteiger partial charge in [-0.05, 0) is 48.5 Å². The highest BCUT2D eigenvalue weighted by Gasteiger charge is 2.14. The van der Waals surface area contributed by atoms with Crippen molar-refractivity contribution in [3.8, 4) is 5.75 Å². The molecule has 0 aliphatic rings. The van der Waals surface area contributed by atoms with E-state index in [1.54, 1.807) is 73.9 Å². The van der Waals surface area contributed by atoms with Crippen LogP contribution in [0.5, 0.6) is 5.75 Å². The van der Waals surface area contributed by atoms with Crippen LogP contribution < -0.4 is 15.4 Å². The molecule has 0 saturated heterocycles. The SMILES string of the molecule is Cn1ccc(C(=O)Nc2cccc(NC(=O)c3ccc(COc4cccc(Cl)c4Cl)o3)c2)n1. The van der Waals surface area contributed by atoms with Crippen molar-refractivity contribution in [1.82, 2.24) is 9.78 Å². The standard InChI is InChI=1S/C23H18Cl2N4O4/c1-29-11-10-18(28-29)22(30)26-14-4-2-5-15(12-14)27-23(31)20-9-8-16(33-20)13-32-19-7-3-6-17(24)21(19)25/h2-12H,13H2,1H3,(H,26,30)(H,27,31). The summed E-state index contributed by atoms with van der Waals surface area (Å²) in [4.78, 5) is 24.8. The van der Waals surface area contributed by atoms with Gasteiger partial charge < -0.3 is 19.8 Å². The Kier molecular flexibility index (Phi) is 6.67. The van der Waals surface area contributed by atoms with Gasteiger partial charge in [0.1, 0.15) is 23.1 Å². The molecule has 33 heavy (non-hydrogen) atoms. The predicted octanol–water partition coefficient (Wildman–Crippen LogP) is 5.40. The number of hydrogen-bond donors (Lipinski definition) is 2. The minimum Gasteiger partial charge on any atom is -0.484 e. The van der Waals surface area contributed by atoms with Crippen LogP contribution in [0.1, 0.15) is 26.8 Å². The van der Waals surface area contributed by atoms with Gasteiger partial charge in [0.25, 0.3) is 11.8 Å². The number of nitrogens with zero attached hydrogens (tertiary/aromatic N) is 2. The zero-order valence-corrected chi connectivity index (χ0v) is 18.9. The molecule has 0 bridgehead atoms. The number of rotatable bonds is 7. The van der Waals surface area contributed by atoms with Crippen molar-refractivity contribution in [3.05, 3.63) is 94.1 Å². The second kappa shape index (κ2) is 9.81. The number of furan rings is 1. The van der Waals surface area contributed by atoms with Crippen molar-refractivity contribution in [1.29, 1.82) is 0 Å². The summed E-state index contributed by atoms with van der Waals surface area (Å²) in [6, 6.07) is 16.6. The molecule has 4 aromatic rings. The maximum absolute atomic E-state index is 12.6. The monoisotopic (exact) mass is 484 g/mol. The van der Waals surface area contributed by atoms with E-state index in [0.717, 1.165) is 0 Å². The van der Waals surface area contributed by atoms with Crippen molar-refractivity contribution in [3.63, 3.8) is 0 Å². The van der Waals surface area contributed by atoms with Gasteiger partial charge in [-0.2, -0.15) is 5.10 Å². The minimum atomic E-state index is -0.449. The zero-order valence-electron chi connectivity index (χ0n) is 17.3. The van der Waals surface area contributed by atoms with Gasteiger partial charge in [0.05, 0.1) is 5.02 Å². The van der Waals surface area contributed by atoms with Crippen molar-refractivity contribution < 1.29 is 18.7 Å². The highest BCUT2D eigenvalue weighted by molar-refractivity contribution is 6.42. The fourth-order valence-corrected chi connectivity index (χ4v) is 3.27. The Labute approximate surface area is 199 Å². The van der Waals surface area contributed by atoms with Crippen molar-refractivity contribution >= 4 is 46.4 Å². The van der Waals surface area contributed by atoms with Crippen LogP contribution in [0.2, 0.25) is 10.0 Å². The highest BCUT2D eigenvalue weighted by atomic mass is 35.5. The number of carbonyl (C=O) groups excluding carboxylic acids is 2. The van der Waals surface area contributed by atoms with Gasteiger partial charge in [0.15, 0.2) is 11.5 Å². The van der Waals surface area contributed by atoms with Crippen LogP contribution in [0, 0.1) is 0 Å². The molecule has 0 radical (unpaired) electrons. The van der Waals surface area contributed by atoms with Gasteiger partial charge in [-0.25, -0.2) is 0 Å². The Morgan fingerprint density at radius 3 is 2.45 bits per heavy atom.